The molecule has 2 aromatic carbocycles. The molecule has 2 unspecified atom stereocenters. The molecule has 0 aliphatic carbocycles. The minimum Gasteiger partial charge on any atom is -0.455 e. The maximum absolute atomic E-state index is 13.3. The lowest BCUT2D eigenvalue weighted by Gasteiger charge is -2.37. The van der Waals surface area contributed by atoms with Gasteiger partial charge in [-0.3, -0.25) is 9.00 Å². The molecule has 3 heterocycles. The SMILES string of the molecule is O=C(c1cccc2c1oc1ccccc12)C1CC2CCCC(C1)S2=O. The third-order valence-corrected chi connectivity index (χ3v) is 8.02. The molecule has 25 heavy (non-hydrogen) atoms. The molecule has 0 N–H and O–H groups in total. The van der Waals surface area contributed by atoms with Crippen molar-refractivity contribution >= 4 is 38.5 Å². The summed E-state index contributed by atoms with van der Waals surface area (Å²) in [6.45, 7) is 0. The molecule has 3 nitrogen and oxygen atoms in total. The number of hydrogen-bond donors (Lipinski definition) is 0. The Morgan fingerprint density at radius 2 is 1.68 bits per heavy atom. The molecule has 1 aromatic heterocycles. The average molecular weight is 352 g/mol. The molecule has 3 aromatic rings. The van der Waals surface area contributed by atoms with E-state index >= 15 is 0 Å². The fourth-order valence-corrected chi connectivity index (χ4v) is 6.80. The average Bonchev–Trinajstić information content (AvgIpc) is 2.99. The van der Waals surface area contributed by atoms with Crippen molar-refractivity contribution in [2.75, 3.05) is 0 Å². The highest BCUT2D eigenvalue weighted by Gasteiger charge is 2.41. The standard InChI is InChI=1S/C21H20O3S/c22-20(13-11-14-5-3-6-15(12-13)25(14)23)18-9-4-8-17-16-7-1-2-10-19(16)24-21(17)18/h1-2,4,7-10,13-15H,3,5-6,11-12H2. The Morgan fingerprint density at radius 3 is 2.48 bits per heavy atom. The van der Waals surface area contributed by atoms with Crippen LogP contribution in [0.25, 0.3) is 21.9 Å². The molecule has 2 bridgehead atoms. The Kier molecular flexibility index (Phi) is 3.56. The zero-order chi connectivity index (χ0) is 17.0. The zero-order valence-electron chi connectivity index (χ0n) is 13.9. The summed E-state index contributed by atoms with van der Waals surface area (Å²) in [5.74, 6) is 0.144. The topological polar surface area (TPSA) is 47.3 Å². The van der Waals surface area contributed by atoms with Gasteiger partial charge >= 0.3 is 0 Å². The molecule has 0 spiro atoms. The van der Waals surface area contributed by atoms with E-state index in [9.17, 15) is 9.00 Å². The van der Waals surface area contributed by atoms with Crippen LogP contribution in [0.5, 0.6) is 0 Å². The van der Waals surface area contributed by atoms with E-state index in [4.69, 9.17) is 4.42 Å². The second kappa shape index (κ2) is 5.80. The number of fused-ring (bicyclic) bond motifs is 5. The van der Waals surface area contributed by atoms with Gasteiger partial charge in [0.2, 0.25) is 0 Å². The molecule has 2 aliphatic heterocycles. The van der Waals surface area contributed by atoms with E-state index in [2.05, 4.69) is 0 Å². The van der Waals surface area contributed by atoms with Crippen LogP contribution in [0.15, 0.2) is 46.9 Å². The lowest BCUT2D eigenvalue weighted by Crippen LogP contribution is -2.41. The fourth-order valence-electron chi connectivity index (χ4n) is 4.61. The Morgan fingerprint density at radius 1 is 0.960 bits per heavy atom. The highest BCUT2D eigenvalue weighted by atomic mass is 32.2. The monoisotopic (exact) mass is 352 g/mol. The Labute approximate surface area is 148 Å². The number of carbonyl (C=O) groups is 1. The summed E-state index contributed by atoms with van der Waals surface area (Å²) >= 11 is 0. The lowest BCUT2D eigenvalue weighted by atomic mass is 9.84. The van der Waals surface area contributed by atoms with Crippen LogP contribution < -0.4 is 0 Å². The third-order valence-electron chi connectivity index (χ3n) is 5.84. The summed E-state index contributed by atoms with van der Waals surface area (Å²) in [7, 11) is -0.745. The van der Waals surface area contributed by atoms with Crippen molar-refractivity contribution < 1.29 is 13.4 Å². The van der Waals surface area contributed by atoms with Gasteiger partial charge in [0.15, 0.2) is 5.78 Å². The van der Waals surface area contributed by atoms with E-state index in [0.29, 0.717) is 11.1 Å². The summed E-state index contributed by atoms with van der Waals surface area (Å²) < 4.78 is 18.5. The van der Waals surface area contributed by atoms with Gasteiger partial charge < -0.3 is 4.42 Å². The predicted octanol–water partition coefficient (Wildman–Crippen LogP) is 4.85. The maximum Gasteiger partial charge on any atom is 0.169 e. The van der Waals surface area contributed by atoms with Crippen LogP contribution in [0.1, 0.15) is 42.5 Å². The smallest absolute Gasteiger partial charge is 0.169 e. The van der Waals surface area contributed by atoms with Crippen LogP contribution >= 0.6 is 0 Å². The first kappa shape index (κ1) is 15.3. The van der Waals surface area contributed by atoms with Crippen molar-refractivity contribution in [2.45, 2.75) is 42.6 Å². The fraction of sp³-hybridized carbons (Fsp3) is 0.381. The van der Waals surface area contributed by atoms with Gasteiger partial charge in [-0.05, 0) is 37.8 Å². The normalized spacial score (nSPS) is 29.1. The summed E-state index contributed by atoms with van der Waals surface area (Å²) in [6.07, 6.45) is 4.68. The van der Waals surface area contributed by atoms with Crippen molar-refractivity contribution in [1.82, 2.24) is 0 Å². The quantitative estimate of drug-likeness (QED) is 0.620. The predicted molar refractivity (Wildman–Crippen MR) is 100 cm³/mol. The number of benzene rings is 2. The van der Waals surface area contributed by atoms with Gasteiger partial charge in [-0.2, -0.15) is 0 Å². The number of carbonyl (C=O) groups excluding carboxylic acids is 1. The molecule has 2 atom stereocenters. The lowest BCUT2D eigenvalue weighted by molar-refractivity contribution is 0.0896. The molecule has 128 valence electrons. The molecular formula is C21H20O3S. The van der Waals surface area contributed by atoms with Gasteiger partial charge in [0.05, 0.1) is 5.56 Å². The summed E-state index contributed by atoms with van der Waals surface area (Å²) in [4.78, 5) is 13.3. The van der Waals surface area contributed by atoms with E-state index < -0.39 is 10.8 Å². The molecule has 5 rings (SSSR count). The molecule has 0 radical (unpaired) electrons. The summed E-state index contributed by atoms with van der Waals surface area (Å²) in [6, 6.07) is 13.8. The molecular weight excluding hydrogens is 332 g/mol. The second-order valence-corrected chi connectivity index (χ2v) is 9.31. The van der Waals surface area contributed by atoms with Crippen molar-refractivity contribution in [1.29, 1.82) is 0 Å². The van der Waals surface area contributed by atoms with Gasteiger partial charge in [-0.1, -0.05) is 36.8 Å². The molecule has 2 saturated heterocycles. The number of hydrogen-bond acceptors (Lipinski definition) is 3. The minimum absolute atomic E-state index is 0.0215. The molecule has 0 amide bonds. The molecule has 2 aliphatic rings. The summed E-state index contributed by atoms with van der Waals surface area (Å²) in [5.41, 5.74) is 2.20. The van der Waals surface area contributed by atoms with Crippen molar-refractivity contribution in [2.24, 2.45) is 5.92 Å². The van der Waals surface area contributed by atoms with E-state index in [0.717, 1.165) is 48.5 Å². The van der Waals surface area contributed by atoms with Gasteiger partial charge in [0.1, 0.15) is 11.2 Å². The van der Waals surface area contributed by atoms with E-state index in [-0.39, 0.29) is 22.2 Å². The number of ketones is 1. The van der Waals surface area contributed by atoms with E-state index in [1.165, 1.54) is 0 Å². The van der Waals surface area contributed by atoms with Crippen LogP contribution in [-0.2, 0) is 10.8 Å². The number of para-hydroxylation sites is 2. The molecule has 0 saturated carbocycles. The van der Waals surface area contributed by atoms with Gasteiger partial charge in [-0.15, -0.1) is 0 Å². The van der Waals surface area contributed by atoms with Crippen LogP contribution in [0.3, 0.4) is 0 Å². The third kappa shape index (κ3) is 2.38. The van der Waals surface area contributed by atoms with Crippen LogP contribution in [-0.4, -0.2) is 20.5 Å². The first-order valence-corrected chi connectivity index (χ1v) is 10.3. The van der Waals surface area contributed by atoms with Crippen molar-refractivity contribution in [3.8, 4) is 0 Å². The molecule has 2 fully saturated rings. The highest BCUT2D eigenvalue weighted by Crippen LogP contribution is 2.39. The van der Waals surface area contributed by atoms with Crippen molar-refractivity contribution in [3.63, 3.8) is 0 Å². The Hall–Kier alpha value is -1.94. The minimum atomic E-state index is -0.745. The second-order valence-electron chi connectivity index (χ2n) is 7.32. The Balaban J connectivity index is 1.57. The van der Waals surface area contributed by atoms with E-state index in [1.807, 2.05) is 42.5 Å². The van der Waals surface area contributed by atoms with Crippen LogP contribution in [0, 0.1) is 5.92 Å². The maximum atomic E-state index is 13.3. The zero-order valence-corrected chi connectivity index (χ0v) is 14.8. The first-order chi connectivity index (χ1) is 12.2. The first-order valence-electron chi connectivity index (χ1n) is 9.06. The Bertz CT molecular complexity index is 987. The van der Waals surface area contributed by atoms with Crippen LogP contribution in [0.2, 0.25) is 0 Å². The molecule has 4 heteroatoms. The van der Waals surface area contributed by atoms with Crippen LogP contribution in [0.4, 0.5) is 0 Å². The summed E-state index contributed by atoms with van der Waals surface area (Å²) in [5, 5.41) is 2.46. The van der Waals surface area contributed by atoms with Crippen molar-refractivity contribution in [3.05, 3.63) is 48.0 Å². The van der Waals surface area contributed by atoms with Gasteiger partial charge in [0.25, 0.3) is 0 Å². The number of rotatable bonds is 2. The number of Topliss-reactive ketones (excluding diaryl/α,β-unsaturated/α-hetero) is 1. The van der Waals surface area contributed by atoms with E-state index in [1.54, 1.807) is 0 Å². The highest BCUT2D eigenvalue weighted by molar-refractivity contribution is 7.86. The van der Waals surface area contributed by atoms with Gasteiger partial charge in [0, 0.05) is 38.0 Å². The van der Waals surface area contributed by atoms with Gasteiger partial charge in [-0.25, -0.2) is 0 Å². The largest absolute Gasteiger partial charge is 0.455 e. The number of furan rings is 1.